The molecule has 1 aromatic rings. The van der Waals surface area contributed by atoms with Crippen molar-refractivity contribution < 1.29 is 19.7 Å². The molecule has 1 rings (SSSR count). The highest BCUT2D eigenvalue weighted by atomic mass is 16.5. The number of ether oxygens (including phenoxy) is 1. The van der Waals surface area contributed by atoms with Crippen molar-refractivity contribution in [3.05, 3.63) is 35.9 Å². The number of hydrogen-bond acceptors (Lipinski definition) is 4. The number of aliphatic hydroxyl groups excluding tert-OH is 1. The molecular weight excluding hydrogens is 246 g/mol. The van der Waals surface area contributed by atoms with E-state index in [1.165, 1.54) is 0 Å². The van der Waals surface area contributed by atoms with Crippen LogP contribution in [0, 0.1) is 0 Å². The Morgan fingerprint density at radius 1 is 1.26 bits per heavy atom. The molecule has 0 saturated heterocycles. The van der Waals surface area contributed by atoms with Gasteiger partial charge in [-0.2, -0.15) is 0 Å². The summed E-state index contributed by atoms with van der Waals surface area (Å²) in [5.41, 5.74) is 1.11. The van der Waals surface area contributed by atoms with Crippen molar-refractivity contribution in [2.75, 3.05) is 26.4 Å². The fourth-order valence-corrected chi connectivity index (χ4v) is 1.83. The molecule has 0 bridgehead atoms. The highest BCUT2D eigenvalue weighted by Gasteiger charge is 2.13. The van der Waals surface area contributed by atoms with Gasteiger partial charge in [0.2, 0.25) is 0 Å². The predicted molar refractivity (Wildman–Crippen MR) is 72.1 cm³/mol. The Bertz CT molecular complexity index is 356. The summed E-state index contributed by atoms with van der Waals surface area (Å²) in [6.45, 7) is 1.35. The number of aliphatic carboxylic acids is 1. The molecule has 0 amide bonds. The molecule has 5 heteroatoms. The fourth-order valence-electron chi connectivity index (χ4n) is 1.83. The SMILES string of the molecule is O=C(O)CC(Cc1ccccc1)NCCOCCO. The number of benzene rings is 1. The maximum atomic E-state index is 10.8. The summed E-state index contributed by atoms with van der Waals surface area (Å²) in [7, 11) is 0. The van der Waals surface area contributed by atoms with Crippen LogP contribution in [0.15, 0.2) is 30.3 Å². The predicted octanol–water partition coefficient (Wildman–Crippen LogP) is 0.671. The summed E-state index contributed by atoms with van der Waals surface area (Å²) >= 11 is 0. The van der Waals surface area contributed by atoms with Crippen LogP contribution in [-0.4, -0.2) is 48.6 Å². The summed E-state index contributed by atoms with van der Waals surface area (Å²) in [6, 6.07) is 9.68. The van der Waals surface area contributed by atoms with Gasteiger partial charge >= 0.3 is 5.97 Å². The van der Waals surface area contributed by atoms with E-state index in [4.69, 9.17) is 14.9 Å². The first kappa shape index (κ1) is 15.6. The molecule has 0 aliphatic heterocycles. The van der Waals surface area contributed by atoms with E-state index in [-0.39, 0.29) is 19.1 Å². The van der Waals surface area contributed by atoms with E-state index >= 15 is 0 Å². The van der Waals surface area contributed by atoms with Gasteiger partial charge in [-0.1, -0.05) is 30.3 Å². The summed E-state index contributed by atoms with van der Waals surface area (Å²) < 4.78 is 5.13. The molecule has 1 aromatic carbocycles. The molecule has 19 heavy (non-hydrogen) atoms. The van der Waals surface area contributed by atoms with Gasteiger partial charge in [0.1, 0.15) is 0 Å². The molecular formula is C14H21NO4. The lowest BCUT2D eigenvalue weighted by atomic mass is 10.0. The Labute approximate surface area is 113 Å². The van der Waals surface area contributed by atoms with Gasteiger partial charge in [-0.15, -0.1) is 0 Å². The lowest BCUT2D eigenvalue weighted by molar-refractivity contribution is -0.137. The smallest absolute Gasteiger partial charge is 0.304 e. The van der Waals surface area contributed by atoms with Gasteiger partial charge in [0.05, 0.1) is 26.2 Å². The first-order valence-electron chi connectivity index (χ1n) is 6.40. The third-order valence-corrected chi connectivity index (χ3v) is 2.66. The highest BCUT2D eigenvalue weighted by molar-refractivity contribution is 5.67. The Morgan fingerprint density at radius 3 is 2.63 bits per heavy atom. The van der Waals surface area contributed by atoms with Crippen molar-refractivity contribution in [2.45, 2.75) is 18.9 Å². The average Bonchev–Trinajstić information content (AvgIpc) is 2.39. The lowest BCUT2D eigenvalue weighted by Crippen LogP contribution is -2.35. The van der Waals surface area contributed by atoms with Crippen LogP contribution in [0.1, 0.15) is 12.0 Å². The van der Waals surface area contributed by atoms with Gasteiger partial charge in [0.25, 0.3) is 0 Å². The minimum atomic E-state index is -0.815. The van der Waals surface area contributed by atoms with Crippen LogP contribution in [0.2, 0.25) is 0 Å². The number of rotatable bonds is 10. The van der Waals surface area contributed by atoms with Crippen molar-refractivity contribution in [3.8, 4) is 0 Å². The molecule has 5 nitrogen and oxygen atoms in total. The van der Waals surface area contributed by atoms with Crippen LogP contribution in [0.3, 0.4) is 0 Å². The molecule has 0 heterocycles. The summed E-state index contributed by atoms with van der Waals surface area (Å²) in [4.78, 5) is 10.8. The van der Waals surface area contributed by atoms with E-state index in [1.54, 1.807) is 0 Å². The zero-order valence-electron chi connectivity index (χ0n) is 10.9. The van der Waals surface area contributed by atoms with Crippen LogP contribution >= 0.6 is 0 Å². The first-order valence-corrected chi connectivity index (χ1v) is 6.40. The largest absolute Gasteiger partial charge is 0.481 e. The number of nitrogens with one attached hydrogen (secondary N) is 1. The van der Waals surface area contributed by atoms with Crippen molar-refractivity contribution in [2.24, 2.45) is 0 Å². The first-order chi connectivity index (χ1) is 9.22. The van der Waals surface area contributed by atoms with Crippen molar-refractivity contribution in [3.63, 3.8) is 0 Å². The molecule has 0 radical (unpaired) electrons. The molecule has 0 aromatic heterocycles. The number of carboxylic acid groups (broad SMARTS) is 1. The maximum Gasteiger partial charge on any atom is 0.304 e. The van der Waals surface area contributed by atoms with Gasteiger partial charge < -0.3 is 20.3 Å². The van der Waals surface area contributed by atoms with Crippen LogP contribution in [0.5, 0.6) is 0 Å². The molecule has 106 valence electrons. The zero-order valence-corrected chi connectivity index (χ0v) is 10.9. The topological polar surface area (TPSA) is 78.8 Å². The fraction of sp³-hybridized carbons (Fsp3) is 0.500. The molecule has 0 aliphatic rings. The number of aliphatic hydroxyl groups is 1. The van der Waals surface area contributed by atoms with Crippen molar-refractivity contribution in [1.82, 2.24) is 5.32 Å². The monoisotopic (exact) mass is 267 g/mol. The summed E-state index contributed by atoms with van der Waals surface area (Å²) in [5, 5.41) is 20.6. The Morgan fingerprint density at radius 2 is 2.00 bits per heavy atom. The standard InChI is InChI=1S/C14H21NO4/c16-7-9-19-8-6-15-13(11-14(17)18)10-12-4-2-1-3-5-12/h1-5,13,15-16H,6-11H2,(H,17,18). The van der Waals surface area contributed by atoms with E-state index in [0.29, 0.717) is 26.2 Å². The molecule has 1 atom stereocenters. The van der Waals surface area contributed by atoms with Crippen LogP contribution in [-0.2, 0) is 16.0 Å². The third-order valence-electron chi connectivity index (χ3n) is 2.66. The number of carbonyl (C=O) groups is 1. The van der Waals surface area contributed by atoms with E-state index in [9.17, 15) is 4.79 Å². The van der Waals surface area contributed by atoms with Gasteiger partial charge in [-0.25, -0.2) is 0 Å². The third kappa shape index (κ3) is 7.56. The Balaban J connectivity index is 2.36. The van der Waals surface area contributed by atoms with Crippen LogP contribution in [0.4, 0.5) is 0 Å². The molecule has 0 aliphatic carbocycles. The maximum absolute atomic E-state index is 10.8. The quantitative estimate of drug-likeness (QED) is 0.543. The van der Waals surface area contributed by atoms with E-state index in [1.807, 2.05) is 30.3 Å². The number of hydrogen-bond donors (Lipinski definition) is 3. The minimum absolute atomic E-state index is 0.00255. The summed E-state index contributed by atoms with van der Waals surface area (Å²) in [6.07, 6.45) is 0.752. The molecule has 1 unspecified atom stereocenters. The lowest BCUT2D eigenvalue weighted by Gasteiger charge is -2.17. The Kier molecular flexibility index (Phi) is 7.81. The minimum Gasteiger partial charge on any atom is -0.481 e. The Hall–Kier alpha value is -1.43. The molecule has 0 spiro atoms. The van der Waals surface area contributed by atoms with E-state index < -0.39 is 5.97 Å². The van der Waals surface area contributed by atoms with Gasteiger partial charge in [-0.3, -0.25) is 4.79 Å². The summed E-state index contributed by atoms with van der Waals surface area (Å²) in [5.74, 6) is -0.815. The van der Waals surface area contributed by atoms with Crippen LogP contribution < -0.4 is 5.32 Å². The second-order valence-corrected chi connectivity index (χ2v) is 4.27. The van der Waals surface area contributed by atoms with Crippen LogP contribution in [0.25, 0.3) is 0 Å². The highest BCUT2D eigenvalue weighted by Crippen LogP contribution is 2.05. The van der Waals surface area contributed by atoms with Gasteiger partial charge in [0.15, 0.2) is 0 Å². The van der Waals surface area contributed by atoms with Gasteiger partial charge in [-0.05, 0) is 12.0 Å². The second-order valence-electron chi connectivity index (χ2n) is 4.27. The average molecular weight is 267 g/mol. The second kappa shape index (κ2) is 9.49. The van der Waals surface area contributed by atoms with Crippen molar-refractivity contribution >= 4 is 5.97 Å². The van der Waals surface area contributed by atoms with E-state index in [2.05, 4.69) is 5.32 Å². The zero-order chi connectivity index (χ0) is 13.9. The number of carboxylic acids is 1. The van der Waals surface area contributed by atoms with E-state index in [0.717, 1.165) is 5.56 Å². The molecule has 0 fully saturated rings. The normalized spacial score (nSPS) is 12.3. The van der Waals surface area contributed by atoms with Gasteiger partial charge in [0, 0.05) is 12.6 Å². The molecule has 3 N–H and O–H groups in total. The molecule has 0 saturated carbocycles. The van der Waals surface area contributed by atoms with Crippen molar-refractivity contribution in [1.29, 1.82) is 0 Å².